The third-order valence-corrected chi connectivity index (χ3v) is 1.99. The molecule has 0 aromatic heterocycles. The predicted molar refractivity (Wildman–Crippen MR) is 81.7 cm³/mol. The molecule has 0 saturated carbocycles. The van der Waals surface area contributed by atoms with Crippen molar-refractivity contribution < 1.29 is 21.8 Å². The minimum Gasteiger partial charge on any atom is -0.748 e. The molecule has 0 N–H and O–H groups in total. The molecule has 0 bridgehead atoms. The van der Waals surface area contributed by atoms with Crippen LogP contribution in [0.3, 0.4) is 0 Å². The second-order valence-electron chi connectivity index (χ2n) is 3.68. The van der Waals surface area contributed by atoms with Gasteiger partial charge in [0.25, 0.3) is 0 Å². The number of ether oxygens (including phenoxy) is 1. The summed E-state index contributed by atoms with van der Waals surface area (Å²) in [7, 11) is 0. The summed E-state index contributed by atoms with van der Waals surface area (Å²) in [4.78, 5) is 0. The Morgan fingerprint density at radius 2 is 1.20 bits per heavy atom. The van der Waals surface area contributed by atoms with E-state index in [-0.39, 0.29) is 29.3 Å². The average Bonchev–Trinajstić information content (AvgIpc) is 3.14. The molecule has 0 aliphatic rings. The van der Waals surface area contributed by atoms with Crippen LogP contribution in [0.25, 0.3) is 0 Å². The summed E-state index contributed by atoms with van der Waals surface area (Å²) in [5.41, 5.74) is 0. The van der Waals surface area contributed by atoms with Crippen LogP contribution in [0, 0.1) is 24.7 Å². The van der Waals surface area contributed by atoms with Gasteiger partial charge in [0.15, 0.2) is 0 Å². The smallest absolute Gasteiger partial charge is 0.116 e. The fourth-order valence-electron chi connectivity index (χ4n) is 1.03. The number of hydrogen-bond donors (Lipinski definition) is 0. The first-order valence-corrected chi connectivity index (χ1v) is 6.11. The van der Waals surface area contributed by atoms with Gasteiger partial charge in [-0.2, -0.15) is 18.2 Å². The minimum atomic E-state index is -0.184. The van der Waals surface area contributed by atoms with Crippen molar-refractivity contribution in [3.63, 3.8) is 0 Å². The Bertz CT molecular complexity index is 364. The maximum atomic E-state index is 5.08. The van der Waals surface area contributed by atoms with Crippen molar-refractivity contribution in [2.24, 2.45) is 0 Å². The molecule has 2 unspecified atom stereocenters. The zero-order valence-electron chi connectivity index (χ0n) is 11.8. The predicted octanol–water partition coefficient (Wildman–Crippen LogP) is 3.85. The first-order valence-electron chi connectivity index (χ1n) is 6.11. The van der Waals surface area contributed by atoms with Crippen molar-refractivity contribution in [2.45, 2.75) is 26.1 Å². The molecule has 2 rings (SSSR count). The zero-order chi connectivity index (χ0) is 14.3. The van der Waals surface area contributed by atoms with Crippen molar-refractivity contribution in [2.75, 3.05) is 0 Å². The summed E-state index contributed by atoms with van der Waals surface area (Å²) in [5.74, 6) is 4.82. The van der Waals surface area contributed by atoms with Gasteiger partial charge in [0.2, 0.25) is 0 Å². The van der Waals surface area contributed by atoms with Gasteiger partial charge in [-0.15, -0.1) is 12.8 Å². The van der Waals surface area contributed by atoms with E-state index >= 15 is 0 Å². The third kappa shape index (κ3) is 14.4. The Hall–Kier alpha value is -1.70. The van der Waals surface area contributed by atoms with Gasteiger partial charge in [0, 0.05) is 17.1 Å². The molecule has 0 aliphatic carbocycles. The Balaban J connectivity index is 0. The Kier molecular flexibility index (Phi) is 15.8. The van der Waals surface area contributed by atoms with Crippen LogP contribution < -0.4 is 0 Å². The molecule has 2 aromatic carbocycles. The average molecular weight is 308 g/mol. The molecule has 0 heterocycles. The van der Waals surface area contributed by atoms with E-state index in [1.54, 1.807) is 13.8 Å². The van der Waals surface area contributed by atoms with Crippen LogP contribution in [0.1, 0.15) is 13.8 Å². The van der Waals surface area contributed by atoms with Gasteiger partial charge in [-0.3, -0.25) is 0 Å². The fourth-order valence-corrected chi connectivity index (χ4v) is 1.03. The molecule has 2 heteroatoms. The molecule has 1 nitrogen and oxygen atoms in total. The third-order valence-electron chi connectivity index (χ3n) is 1.99. The summed E-state index contributed by atoms with van der Waals surface area (Å²) in [6.07, 6.45) is 9.69. The van der Waals surface area contributed by atoms with Gasteiger partial charge in [0.05, 0.1) is 0 Å². The largest absolute Gasteiger partial charge is 0.748 e. The quantitative estimate of drug-likeness (QED) is 0.465. The van der Waals surface area contributed by atoms with E-state index < -0.39 is 0 Å². The normalized spacial score (nSPS) is 10.8. The second kappa shape index (κ2) is 15.4. The van der Waals surface area contributed by atoms with Gasteiger partial charge in [-0.25, -0.2) is 12.1 Å². The molecule has 2 aromatic rings. The molecular weight excluding hydrogens is 288 g/mol. The zero-order valence-corrected chi connectivity index (χ0v) is 12.9. The van der Waals surface area contributed by atoms with Crippen LogP contribution >= 0.6 is 0 Å². The molecular formula is C18H20FeO-6. The van der Waals surface area contributed by atoms with Crippen molar-refractivity contribution in [3.05, 3.63) is 60.7 Å². The van der Waals surface area contributed by atoms with Gasteiger partial charge in [0.1, 0.15) is 12.2 Å². The second-order valence-corrected chi connectivity index (χ2v) is 3.68. The topological polar surface area (TPSA) is 9.23 Å². The molecule has 0 spiro atoms. The SMILES string of the molecule is C#CC(C)OC(C)C#C.[Fe].[cH-]1[cH-][cH-][cH-][cH-]1.c1cc[cH-]c1. The summed E-state index contributed by atoms with van der Waals surface area (Å²) in [6, 6.07) is 20.0. The Labute approximate surface area is 133 Å². The summed E-state index contributed by atoms with van der Waals surface area (Å²) >= 11 is 0. The first kappa shape index (κ1) is 20.6. The minimum absolute atomic E-state index is 0. The van der Waals surface area contributed by atoms with Crippen molar-refractivity contribution >= 4 is 0 Å². The van der Waals surface area contributed by atoms with E-state index in [0.29, 0.717) is 0 Å². The number of hydrogen-bond acceptors (Lipinski definition) is 1. The van der Waals surface area contributed by atoms with E-state index in [4.69, 9.17) is 17.6 Å². The van der Waals surface area contributed by atoms with Crippen LogP contribution in [-0.4, -0.2) is 12.2 Å². The summed E-state index contributed by atoms with van der Waals surface area (Å²) in [6.45, 7) is 3.57. The van der Waals surface area contributed by atoms with E-state index in [9.17, 15) is 0 Å². The van der Waals surface area contributed by atoms with Crippen LogP contribution in [0.4, 0.5) is 0 Å². The molecule has 0 saturated heterocycles. The van der Waals surface area contributed by atoms with E-state index in [1.165, 1.54) is 0 Å². The monoisotopic (exact) mass is 308 g/mol. The van der Waals surface area contributed by atoms with Gasteiger partial charge >= 0.3 is 0 Å². The molecule has 0 fully saturated rings. The molecule has 0 aliphatic heterocycles. The van der Waals surface area contributed by atoms with Crippen LogP contribution in [0.5, 0.6) is 0 Å². The van der Waals surface area contributed by atoms with Crippen LogP contribution in [-0.2, 0) is 21.8 Å². The molecule has 0 amide bonds. The van der Waals surface area contributed by atoms with Crippen molar-refractivity contribution in [1.29, 1.82) is 0 Å². The number of rotatable bonds is 2. The van der Waals surface area contributed by atoms with Crippen LogP contribution in [0.2, 0.25) is 0 Å². The molecule has 0 radical (unpaired) electrons. The van der Waals surface area contributed by atoms with E-state index in [0.717, 1.165) is 0 Å². The summed E-state index contributed by atoms with van der Waals surface area (Å²) in [5, 5.41) is 0. The Morgan fingerprint density at radius 1 is 0.850 bits per heavy atom. The van der Waals surface area contributed by atoms with E-state index in [1.807, 2.05) is 60.7 Å². The number of terminal acetylenes is 2. The maximum absolute atomic E-state index is 5.08. The van der Waals surface area contributed by atoms with Crippen molar-refractivity contribution in [3.8, 4) is 24.7 Å². The first-order chi connectivity index (χ1) is 9.20. The van der Waals surface area contributed by atoms with Gasteiger partial charge in [-0.05, 0) is 13.8 Å². The van der Waals surface area contributed by atoms with Gasteiger partial charge < -0.3 is 35.1 Å². The van der Waals surface area contributed by atoms with Crippen LogP contribution in [0.15, 0.2) is 60.7 Å². The van der Waals surface area contributed by atoms with E-state index in [2.05, 4.69) is 11.8 Å². The van der Waals surface area contributed by atoms with Gasteiger partial charge in [-0.1, -0.05) is 11.8 Å². The standard InChI is InChI=1S/C8H10O.2C5H5.Fe/c1-5-7(3)9-8(4)6-2;2*1-2-4-5-3-1;/h1-2,7-8H,3-4H3;2*1-5H;/q;-5;-1;. The molecule has 112 valence electrons. The summed E-state index contributed by atoms with van der Waals surface area (Å²) < 4.78 is 5.08. The van der Waals surface area contributed by atoms with Crippen molar-refractivity contribution in [1.82, 2.24) is 0 Å². The fraction of sp³-hybridized carbons (Fsp3) is 0.222. The molecule has 20 heavy (non-hydrogen) atoms. The molecule has 2 atom stereocenters. The Morgan fingerprint density at radius 3 is 1.40 bits per heavy atom. The maximum Gasteiger partial charge on any atom is 0.116 e.